The molecular weight excluding hydrogens is 476 g/mol. The molecule has 2 fully saturated rings. The maximum Gasteiger partial charge on any atom is 0.279 e. The molecule has 2 aliphatic heterocycles. The van der Waals surface area contributed by atoms with E-state index in [0.29, 0.717) is 55.1 Å². The minimum Gasteiger partial charge on any atom is -0.711 e. The van der Waals surface area contributed by atoms with E-state index >= 15 is 0 Å². The zero-order chi connectivity index (χ0) is 24.9. The Hall–Kier alpha value is -3.79. The van der Waals surface area contributed by atoms with Gasteiger partial charge in [0.1, 0.15) is 4.88 Å². The van der Waals surface area contributed by atoms with E-state index in [1.54, 1.807) is 17.8 Å². The van der Waals surface area contributed by atoms with Crippen molar-refractivity contribution in [1.29, 1.82) is 0 Å². The molecule has 1 atom stereocenters. The lowest BCUT2D eigenvalue weighted by Crippen LogP contribution is -2.62. The van der Waals surface area contributed by atoms with E-state index in [2.05, 4.69) is 47.2 Å². The number of anilines is 1. The van der Waals surface area contributed by atoms with Gasteiger partial charge in [-0.25, -0.2) is 4.73 Å². The van der Waals surface area contributed by atoms with E-state index in [-0.39, 0.29) is 17.2 Å². The van der Waals surface area contributed by atoms with Crippen molar-refractivity contribution < 1.29 is 13.9 Å². The highest BCUT2D eigenvalue weighted by Crippen LogP contribution is 2.50. The highest BCUT2D eigenvalue weighted by Gasteiger charge is 2.61. The van der Waals surface area contributed by atoms with E-state index in [1.807, 2.05) is 21.9 Å². The number of carbonyl (C=O) groups excluding carboxylic acids is 1. The van der Waals surface area contributed by atoms with E-state index in [4.69, 9.17) is 4.42 Å². The average Bonchev–Trinajstić information content (AvgIpc) is 3.60. The van der Waals surface area contributed by atoms with Crippen LogP contribution in [0.15, 0.2) is 58.7 Å². The molecule has 3 aromatic heterocycles. The molecule has 0 aliphatic carbocycles. The van der Waals surface area contributed by atoms with Gasteiger partial charge in [-0.15, -0.1) is 21.5 Å². The van der Waals surface area contributed by atoms with Crippen LogP contribution in [-0.4, -0.2) is 52.2 Å². The Morgan fingerprint density at radius 2 is 2.06 bits per heavy atom. The lowest BCUT2D eigenvalue weighted by molar-refractivity contribution is -0.592. The third kappa shape index (κ3) is 3.91. The summed E-state index contributed by atoms with van der Waals surface area (Å²) in [5.74, 6) is 1.57. The zero-order valence-electron chi connectivity index (χ0n) is 20.1. The molecule has 10 heteroatoms. The van der Waals surface area contributed by atoms with Crippen molar-refractivity contribution in [1.82, 2.24) is 20.1 Å². The lowest BCUT2D eigenvalue weighted by Gasteiger charge is -2.45. The van der Waals surface area contributed by atoms with Gasteiger partial charge in [-0.1, -0.05) is 24.3 Å². The first-order valence-electron chi connectivity index (χ1n) is 11.9. The van der Waals surface area contributed by atoms with Crippen molar-refractivity contribution in [3.05, 3.63) is 92.9 Å². The number of hydrogen-bond acceptors (Lipinski definition) is 8. The van der Waals surface area contributed by atoms with Gasteiger partial charge in [0, 0.05) is 19.2 Å². The summed E-state index contributed by atoms with van der Waals surface area (Å²) in [5.41, 5.74) is 4.99. The number of benzene rings is 1. The Labute approximate surface area is 212 Å². The van der Waals surface area contributed by atoms with E-state index < -0.39 is 0 Å². The topological polar surface area (TPSA) is 102 Å². The molecular formula is C26H26N6O3S. The van der Waals surface area contributed by atoms with E-state index in [9.17, 15) is 10.0 Å². The summed E-state index contributed by atoms with van der Waals surface area (Å²) >= 11 is 1.34. The Balaban J connectivity index is 1.26. The Morgan fingerprint density at radius 3 is 2.81 bits per heavy atom. The molecule has 2 aliphatic rings. The van der Waals surface area contributed by atoms with Gasteiger partial charge in [0.2, 0.25) is 11.8 Å². The van der Waals surface area contributed by atoms with Gasteiger partial charge in [-0.3, -0.25) is 14.7 Å². The number of amides is 1. The number of aromatic nitrogens is 4. The SMILES string of the molecule is Cc1ccc(Cc2nnc(C3CN(C(=O)c4cncs4)CC34CN(c3cccc[n+]3[O-])C4)o2)cc1C. The van der Waals surface area contributed by atoms with Crippen LogP contribution in [0, 0.1) is 24.5 Å². The van der Waals surface area contributed by atoms with Crippen molar-refractivity contribution in [3.8, 4) is 0 Å². The molecule has 184 valence electrons. The predicted molar refractivity (Wildman–Crippen MR) is 134 cm³/mol. The second-order valence-corrected chi connectivity index (χ2v) is 10.7. The fourth-order valence-electron chi connectivity index (χ4n) is 5.37. The smallest absolute Gasteiger partial charge is 0.279 e. The van der Waals surface area contributed by atoms with Crippen LogP contribution in [0.2, 0.25) is 0 Å². The van der Waals surface area contributed by atoms with E-state index in [0.717, 1.165) is 10.3 Å². The number of rotatable bonds is 5. The summed E-state index contributed by atoms with van der Waals surface area (Å²) in [6.07, 6.45) is 3.67. The second kappa shape index (κ2) is 8.70. The third-order valence-corrected chi connectivity index (χ3v) is 8.19. The van der Waals surface area contributed by atoms with E-state index in [1.165, 1.54) is 28.7 Å². The molecule has 9 nitrogen and oxygen atoms in total. The lowest BCUT2D eigenvalue weighted by atomic mass is 9.71. The van der Waals surface area contributed by atoms with Crippen LogP contribution in [0.1, 0.15) is 44.1 Å². The monoisotopic (exact) mass is 502 g/mol. The molecule has 1 amide bonds. The minimum atomic E-state index is -0.270. The fraction of sp³-hybridized carbons (Fsp3) is 0.346. The quantitative estimate of drug-likeness (QED) is 0.305. The first-order chi connectivity index (χ1) is 17.4. The second-order valence-electron chi connectivity index (χ2n) is 9.84. The van der Waals surface area contributed by atoms with Crippen LogP contribution < -0.4 is 9.63 Å². The first kappa shape index (κ1) is 22.7. The molecule has 0 bridgehead atoms. The molecule has 1 unspecified atom stereocenters. The maximum absolute atomic E-state index is 13.2. The Kier molecular flexibility index (Phi) is 5.48. The number of aryl methyl sites for hydroxylation is 2. The van der Waals surface area contributed by atoms with Crippen molar-refractivity contribution in [2.24, 2.45) is 5.41 Å². The summed E-state index contributed by atoms with van der Waals surface area (Å²) < 4.78 is 7.08. The molecule has 6 rings (SSSR count). The van der Waals surface area contributed by atoms with Crippen LogP contribution >= 0.6 is 11.3 Å². The summed E-state index contributed by atoms with van der Waals surface area (Å²) in [4.78, 5) is 21.8. The van der Waals surface area contributed by atoms with Crippen LogP contribution in [0.5, 0.6) is 0 Å². The summed E-state index contributed by atoms with van der Waals surface area (Å²) in [7, 11) is 0. The van der Waals surface area contributed by atoms with Gasteiger partial charge in [0.05, 0.1) is 48.7 Å². The Bertz CT molecular complexity index is 1410. The molecule has 1 aromatic carbocycles. The molecule has 2 saturated heterocycles. The molecule has 1 spiro atoms. The van der Waals surface area contributed by atoms with Crippen molar-refractivity contribution in [3.63, 3.8) is 0 Å². The molecule has 36 heavy (non-hydrogen) atoms. The molecule has 0 N–H and O–H groups in total. The highest BCUT2D eigenvalue weighted by atomic mass is 32.1. The molecule has 0 radical (unpaired) electrons. The van der Waals surface area contributed by atoms with Crippen molar-refractivity contribution in [2.45, 2.75) is 26.2 Å². The van der Waals surface area contributed by atoms with Crippen LogP contribution in [-0.2, 0) is 6.42 Å². The third-order valence-electron chi connectivity index (χ3n) is 7.42. The standard InChI is InChI=1S/C26H26N6O3S/c1-17-6-7-19(9-18(17)2)10-22-28-29-24(35-22)20-12-30(25(33)21-11-27-16-36-21)13-26(20)14-31(15-26)23-5-3-4-8-32(23)34/h3-9,11,16,20H,10,12-15H2,1-2H3. The number of hydrogen-bond donors (Lipinski definition) is 0. The molecule has 0 saturated carbocycles. The largest absolute Gasteiger partial charge is 0.711 e. The van der Waals surface area contributed by atoms with Gasteiger partial charge in [0.25, 0.3) is 11.7 Å². The van der Waals surface area contributed by atoms with Crippen LogP contribution in [0.25, 0.3) is 0 Å². The van der Waals surface area contributed by atoms with Gasteiger partial charge in [0.15, 0.2) is 0 Å². The first-order valence-corrected chi connectivity index (χ1v) is 12.8. The average molecular weight is 503 g/mol. The minimum absolute atomic E-state index is 0.0358. The Morgan fingerprint density at radius 1 is 1.19 bits per heavy atom. The maximum atomic E-state index is 13.2. The van der Waals surface area contributed by atoms with Gasteiger partial charge >= 0.3 is 0 Å². The fourth-order valence-corrected chi connectivity index (χ4v) is 5.96. The summed E-state index contributed by atoms with van der Waals surface area (Å²) in [6, 6.07) is 11.7. The van der Waals surface area contributed by atoms with Crippen LogP contribution in [0.3, 0.4) is 0 Å². The normalized spacial score (nSPS) is 18.6. The van der Waals surface area contributed by atoms with Gasteiger partial charge in [-0.2, -0.15) is 0 Å². The number of carbonyl (C=O) groups is 1. The predicted octanol–water partition coefficient (Wildman–Crippen LogP) is 3.11. The van der Waals surface area contributed by atoms with Crippen molar-refractivity contribution >= 4 is 23.1 Å². The summed E-state index contributed by atoms with van der Waals surface area (Å²) in [6.45, 7) is 6.49. The summed E-state index contributed by atoms with van der Waals surface area (Å²) in [5, 5.41) is 21.1. The molecule has 5 heterocycles. The zero-order valence-corrected chi connectivity index (χ0v) is 20.9. The number of likely N-dealkylation sites (tertiary alicyclic amines) is 1. The van der Waals surface area contributed by atoms with Gasteiger partial charge < -0.3 is 14.5 Å². The number of thiazole rings is 1. The van der Waals surface area contributed by atoms with Crippen molar-refractivity contribution in [2.75, 3.05) is 31.1 Å². The van der Waals surface area contributed by atoms with Crippen LogP contribution in [0.4, 0.5) is 5.82 Å². The number of pyridine rings is 1. The molecule has 4 aromatic rings. The number of nitrogens with zero attached hydrogens (tertiary/aromatic N) is 6. The highest BCUT2D eigenvalue weighted by molar-refractivity contribution is 7.11. The van der Waals surface area contributed by atoms with Gasteiger partial charge in [-0.05, 0) is 36.6 Å².